The fraction of sp³-hybridized carbons (Fsp3) is 0.273. The number of rotatable bonds is 5. The second-order valence-electron chi connectivity index (χ2n) is 3.59. The molecule has 4 nitrogen and oxygen atoms in total. The van der Waals surface area contributed by atoms with Crippen LogP contribution >= 0.6 is 33.2 Å². The average molecular weight is 301 g/mol. The van der Waals surface area contributed by atoms with E-state index in [4.69, 9.17) is 17.4 Å². The fourth-order valence-corrected chi connectivity index (χ4v) is 3.44. The first kappa shape index (κ1) is 13.6. The molecule has 1 aromatic carbocycles. The molecule has 0 aliphatic carbocycles. The lowest BCUT2D eigenvalue weighted by Gasteiger charge is -2.03. The molecule has 0 aliphatic heterocycles. The Labute approximate surface area is 119 Å². The van der Waals surface area contributed by atoms with Gasteiger partial charge in [0.1, 0.15) is 0 Å². The summed E-state index contributed by atoms with van der Waals surface area (Å²) in [6, 6.07) is 7.38. The summed E-state index contributed by atoms with van der Waals surface area (Å²) >= 11 is 5.85. The van der Waals surface area contributed by atoms with Crippen LogP contribution < -0.4 is 5.84 Å². The monoisotopic (exact) mass is 300 g/mol. The number of nitrogens with two attached hydrogens (primary N) is 1. The highest BCUT2D eigenvalue weighted by atomic mass is 35.5. The lowest BCUT2D eigenvalue weighted by atomic mass is 10.2. The Bertz CT molecular complexity index is 512. The smallest absolute Gasteiger partial charge is 0.220 e. The molecule has 0 bridgehead atoms. The molecule has 1 aromatic heterocycles. The van der Waals surface area contributed by atoms with E-state index >= 15 is 0 Å². The van der Waals surface area contributed by atoms with Gasteiger partial charge in [0.15, 0.2) is 5.82 Å². The lowest BCUT2D eigenvalue weighted by Crippen LogP contribution is -2.11. The molecule has 0 atom stereocenters. The van der Waals surface area contributed by atoms with Gasteiger partial charge in [0.2, 0.25) is 5.16 Å². The standard InChI is InChI=1S/C11H13ClN4S2/c1-2-7-17-18-11-15-14-10(16(11)13)8-3-5-9(12)6-4-8/h3-6H,2,7,13H2,1H3. The zero-order valence-electron chi connectivity index (χ0n) is 9.84. The van der Waals surface area contributed by atoms with Crippen LogP contribution in [0.1, 0.15) is 13.3 Å². The summed E-state index contributed by atoms with van der Waals surface area (Å²) in [6.45, 7) is 2.14. The quantitative estimate of drug-likeness (QED) is 0.520. The average Bonchev–Trinajstić information content (AvgIpc) is 2.73. The molecule has 0 spiro atoms. The van der Waals surface area contributed by atoms with Crippen LogP contribution in [-0.2, 0) is 0 Å². The summed E-state index contributed by atoms with van der Waals surface area (Å²) in [7, 11) is 3.27. The largest absolute Gasteiger partial charge is 0.335 e. The van der Waals surface area contributed by atoms with E-state index in [9.17, 15) is 0 Å². The molecular weight excluding hydrogens is 288 g/mol. The van der Waals surface area contributed by atoms with Gasteiger partial charge >= 0.3 is 0 Å². The topological polar surface area (TPSA) is 56.7 Å². The summed E-state index contributed by atoms with van der Waals surface area (Å²) in [4.78, 5) is 0. The Kier molecular flexibility index (Phi) is 4.79. The van der Waals surface area contributed by atoms with E-state index < -0.39 is 0 Å². The third-order valence-electron chi connectivity index (χ3n) is 2.19. The van der Waals surface area contributed by atoms with Gasteiger partial charge in [0.25, 0.3) is 0 Å². The minimum atomic E-state index is 0.645. The van der Waals surface area contributed by atoms with Crippen molar-refractivity contribution in [2.75, 3.05) is 11.6 Å². The van der Waals surface area contributed by atoms with E-state index in [-0.39, 0.29) is 0 Å². The van der Waals surface area contributed by atoms with Gasteiger partial charge in [-0.05, 0) is 41.5 Å². The van der Waals surface area contributed by atoms with Gasteiger partial charge in [0, 0.05) is 16.3 Å². The molecule has 0 aliphatic rings. The summed E-state index contributed by atoms with van der Waals surface area (Å²) in [5.41, 5.74) is 0.904. The maximum Gasteiger partial charge on any atom is 0.220 e. The van der Waals surface area contributed by atoms with E-state index in [0.29, 0.717) is 16.0 Å². The maximum absolute atomic E-state index is 5.98. The summed E-state index contributed by atoms with van der Waals surface area (Å²) in [5.74, 6) is 7.69. The van der Waals surface area contributed by atoms with Crippen molar-refractivity contribution >= 4 is 33.2 Å². The predicted octanol–water partition coefficient (Wildman–Crippen LogP) is 3.46. The number of hydrogen-bond acceptors (Lipinski definition) is 5. The third kappa shape index (κ3) is 3.13. The van der Waals surface area contributed by atoms with E-state index in [0.717, 1.165) is 17.7 Å². The van der Waals surface area contributed by atoms with Gasteiger partial charge < -0.3 is 5.84 Å². The Morgan fingerprint density at radius 3 is 2.67 bits per heavy atom. The summed E-state index contributed by atoms with van der Waals surface area (Å²) < 4.78 is 1.51. The normalized spacial score (nSPS) is 10.8. The Morgan fingerprint density at radius 2 is 2.00 bits per heavy atom. The van der Waals surface area contributed by atoms with Gasteiger partial charge in [-0.15, -0.1) is 10.2 Å². The van der Waals surface area contributed by atoms with Crippen molar-refractivity contribution in [3.8, 4) is 11.4 Å². The van der Waals surface area contributed by atoms with Crippen molar-refractivity contribution in [1.82, 2.24) is 14.9 Å². The number of nitrogens with zero attached hydrogens (tertiary/aromatic N) is 3. The second kappa shape index (κ2) is 6.36. The van der Waals surface area contributed by atoms with Crippen LogP contribution in [0.4, 0.5) is 0 Å². The fourth-order valence-electron chi connectivity index (χ4n) is 1.31. The van der Waals surface area contributed by atoms with Crippen molar-refractivity contribution in [3.63, 3.8) is 0 Å². The van der Waals surface area contributed by atoms with Crippen LogP contribution in [0.3, 0.4) is 0 Å². The van der Waals surface area contributed by atoms with Crippen molar-refractivity contribution < 1.29 is 0 Å². The van der Waals surface area contributed by atoms with Crippen LogP contribution in [-0.4, -0.2) is 20.6 Å². The molecule has 1 heterocycles. The maximum atomic E-state index is 5.98. The van der Waals surface area contributed by atoms with Crippen LogP contribution in [0.25, 0.3) is 11.4 Å². The highest BCUT2D eigenvalue weighted by Crippen LogP contribution is 2.31. The molecule has 0 saturated heterocycles. The predicted molar refractivity (Wildman–Crippen MR) is 79.2 cm³/mol. The minimum Gasteiger partial charge on any atom is -0.335 e. The van der Waals surface area contributed by atoms with Crippen molar-refractivity contribution in [3.05, 3.63) is 29.3 Å². The second-order valence-corrected chi connectivity index (χ2v) is 6.41. The van der Waals surface area contributed by atoms with Crippen molar-refractivity contribution in [1.29, 1.82) is 0 Å². The number of aromatic nitrogens is 3. The van der Waals surface area contributed by atoms with Gasteiger partial charge in [0.05, 0.1) is 0 Å². The van der Waals surface area contributed by atoms with Crippen LogP contribution in [0.2, 0.25) is 5.02 Å². The van der Waals surface area contributed by atoms with Gasteiger partial charge in [-0.25, -0.2) is 4.68 Å². The molecule has 0 amide bonds. The summed E-state index contributed by atoms with van der Waals surface area (Å²) in [5, 5.41) is 9.59. The zero-order valence-corrected chi connectivity index (χ0v) is 12.2. The van der Waals surface area contributed by atoms with Crippen LogP contribution in [0.5, 0.6) is 0 Å². The number of benzene rings is 1. The van der Waals surface area contributed by atoms with E-state index in [1.54, 1.807) is 21.6 Å². The van der Waals surface area contributed by atoms with E-state index in [1.807, 2.05) is 24.3 Å². The van der Waals surface area contributed by atoms with E-state index in [2.05, 4.69) is 17.1 Å². The SMILES string of the molecule is CCCSSc1nnc(-c2ccc(Cl)cc2)n1N. The number of halogens is 1. The Morgan fingerprint density at radius 1 is 1.28 bits per heavy atom. The third-order valence-corrected chi connectivity index (χ3v) is 4.86. The van der Waals surface area contributed by atoms with Gasteiger partial charge in [-0.3, -0.25) is 0 Å². The Hall–Kier alpha value is -0.850. The number of hydrogen-bond donors (Lipinski definition) is 1. The molecule has 0 fully saturated rings. The van der Waals surface area contributed by atoms with Gasteiger partial charge in [-0.2, -0.15) is 0 Å². The van der Waals surface area contributed by atoms with Crippen LogP contribution in [0.15, 0.2) is 29.4 Å². The summed E-state index contributed by atoms with van der Waals surface area (Å²) in [6.07, 6.45) is 1.13. The first-order valence-electron chi connectivity index (χ1n) is 5.48. The Balaban J connectivity index is 2.17. The lowest BCUT2D eigenvalue weighted by molar-refractivity contribution is 0.854. The van der Waals surface area contributed by atoms with Crippen LogP contribution in [0, 0.1) is 0 Å². The molecule has 18 heavy (non-hydrogen) atoms. The highest BCUT2D eigenvalue weighted by Gasteiger charge is 2.12. The molecule has 7 heteroatoms. The highest BCUT2D eigenvalue weighted by molar-refractivity contribution is 8.76. The van der Waals surface area contributed by atoms with E-state index in [1.165, 1.54) is 4.68 Å². The molecule has 2 N–H and O–H groups in total. The molecule has 0 radical (unpaired) electrons. The molecule has 2 rings (SSSR count). The van der Waals surface area contributed by atoms with Crippen molar-refractivity contribution in [2.45, 2.75) is 18.5 Å². The minimum absolute atomic E-state index is 0.645. The molecule has 96 valence electrons. The zero-order chi connectivity index (χ0) is 13.0. The number of nitrogen functional groups attached to an aromatic ring is 1. The molecular formula is C11H13ClN4S2. The first-order chi connectivity index (χ1) is 8.72. The van der Waals surface area contributed by atoms with Crippen molar-refractivity contribution in [2.24, 2.45) is 0 Å². The molecule has 0 unspecified atom stereocenters. The van der Waals surface area contributed by atoms with Gasteiger partial charge in [-0.1, -0.05) is 29.3 Å². The first-order valence-corrected chi connectivity index (χ1v) is 8.18. The molecule has 2 aromatic rings. The molecule has 0 saturated carbocycles.